The van der Waals surface area contributed by atoms with Crippen molar-refractivity contribution in [1.29, 1.82) is 0 Å². The van der Waals surface area contributed by atoms with E-state index in [4.69, 9.17) is 9.41 Å². The topological polar surface area (TPSA) is 31.8 Å². The summed E-state index contributed by atoms with van der Waals surface area (Å²) in [5.74, 6) is 1.01. The summed E-state index contributed by atoms with van der Waals surface area (Å²) >= 11 is -0.739. The number of rotatable bonds is 4. The van der Waals surface area contributed by atoms with Crippen LogP contribution in [0.2, 0.25) is 0 Å². The molecule has 2 aliphatic heterocycles. The molecule has 0 atom stereocenters. The Balaban J connectivity index is 1.08. The van der Waals surface area contributed by atoms with Crippen LogP contribution in [0.5, 0.6) is 0 Å². The molecule has 0 N–H and O–H groups in total. The first-order valence-electron chi connectivity index (χ1n) is 17.6. The van der Waals surface area contributed by atoms with E-state index in [9.17, 15) is 0 Å². The Bertz CT molecular complexity index is 2950. The third kappa shape index (κ3) is 4.66. The second-order valence-electron chi connectivity index (χ2n) is 13.4. The summed E-state index contributed by atoms with van der Waals surface area (Å²) in [5, 5.41) is 7.29. The average Bonchev–Trinajstić information content (AvgIpc) is 3.79. The van der Waals surface area contributed by atoms with Crippen LogP contribution in [0.15, 0.2) is 179 Å². The third-order valence-corrected chi connectivity index (χ3v) is 12.9. The molecule has 2 aliphatic rings. The third-order valence-electron chi connectivity index (χ3n) is 10.3. The number of fused-ring (bicyclic) bond motifs is 7. The molecule has 9 aromatic rings. The molecule has 3 heterocycles. The second-order valence-corrected chi connectivity index (χ2v) is 16.0. The number of furan rings is 1. The van der Waals surface area contributed by atoms with Crippen LogP contribution < -0.4 is 26.4 Å². The van der Waals surface area contributed by atoms with E-state index < -0.39 is 21.5 Å². The molecule has 0 unspecified atom stereocenters. The molecule has 0 saturated carbocycles. The monoisotopic (exact) mass is 779 g/mol. The summed E-state index contributed by atoms with van der Waals surface area (Å²) in [7, 11) is 0. The minimum atomic E-state index is -0.739. The Hall–Kier alpha value is -6.05. The van der Waals surface area contributed by atoms with Gasteiger partial charge < -0.3 is 0 Å². The van der Waals surface area contributed by atoms with Gasteiger partial charge in [0.1, 0.15) is 0 Å². The van der Waals surface area contributed by atoms with Crippen LogP contribution in [-0.4, -0.2) is 12.5 Å². The Kier molecular flexibility index (Phi) is 6.70. The van der Waals surface area contributed by atoms with Gasteiger partial charge in [-0.05, 0) is 0 Å². The van der Waals surface area contributed by atoms with Crippen LogP contribution in [0.25, 0.3) is 65.7 Å². The Labute approximate surface area is 311 Å². The molecule has 246 valence electrons. The molecule has 5 heteroatoms. The number of benzene rings is 8. The maximum absolute atomic E-state index is 6.33. The average molecular weight is 780 g/mol. The van der Waals surface area contributed by atoms with Crippen molar-refractivity contribution in [1.82, 2.24) is 0 Å². The number of hydrogen-bond donors (Lipinski definition) is 0. The summed E-state index contributed by atoms with van der Waals surface area (Å²) in [5.41, 5.74) is 11.5. The number of amidine groups is 2. The second kappa shape index (κ2) is 11.8. The van der Waals surface area contributed by atoms with Crippen LogP contribution in [0.3, 0.4) is 0 Å². The predicted octanol–water partition coefficient (Wildman–Crippen LogP) is 8.71. The van der Waals surface area contributed by atoms with Gasteiger partial charge in [0.2, 0.25) is 0 Å². The fourth-order valence-corrected chi connectivity index (χ4v) is 10.7. The Morgan fingerprint density at radius 2 is 1.25 bits per heavy atom. The van der Waals surface area contributed by atoms with Crippen molar-refractivity contribution in [2.45, 2.75) is 6.54 Å². The molecule has 0 fully saturated rings. The van der Waals surface area contributed by atoms with Crippen LogP contribution >= 0.6 is 0 Å². The number of para-hydroxylation sites is 1. The summed E-state index contributed by atoms with van der Waals surface area (Å²) < 4.78 is 9.98. The fraction of sp³-hybridized carbons (Fsp3) is 0.0213. The summed E-state index contributed by atoms with van der Waals surface area (Å²) in [6.07, 6.45) is 0. The van der Waals surface area contributed by atoms with Crippen molar-refractivity contribution in [2.24, 2.45) is 4.99 Å². The van der Waals surface area contributed by atoms with E-state index >= 15 is 0 Å². The van der Waals surface area contributed by atoms with Crippen LogP contribution in [-0.2, 0) is 6.54 Å². The van der Waals surface area contributed by atoms with Gasteiger partial charge in [-0.2, -0.15) is 0 Å². The molecule has 8 aromatic carbocycles. The van der Waals surface area contributed by atoms with E-state index in [1.807, 2.05) is 12.1 Å². The quantitative estimate of drug-likeness (QED) is 0.102. The SMILES string of the molecule is c1ccc(-c2ccc(C3=[N+](Cc4ccc5c(c4)oc4ccccc45)[I-]C(N4c5c(ccc6ccccc56)-c5cccc6cccc4c56)=N3)cc2)cc1. The first-order valence-corrected chi connectivity index (χ1v) is 19.6. The van der Waals surface area contributed by atoms with Gasteiger partial charge in [-0.1, -0.05) is 0 Å². The van der Waals surface area contributed by atoms with Crippen LogP contribution in [0, 0.1) is 0 Å². The molecule has 0 bridgehead atoms. The number of halogens is 1. The van der Waals surface area contributed by atoms with Crippen molar-refractivity contribution in [2.75, 3.05) is 4.90 Å². The molecular weight excluding hydrogens is 749 g/mol. The first-order chi connectivity index (χ1) is 25.8. The zero-order valence-corrected chi connectivity index (χ0v) is 30.2. The standard InChI is InChI=1S/C47H30IN3O/c1-2-10-31(11-3-1)32-21-23-35(24-22-32)46-49-47(48-50(46)29-30-20-26-38-37-16-6-7-19-42(37)52-43(38)28-30)51-41-18-9-14-34-13-8-17-39(44(34)41)40-27-25-33-12-4-5-15-36(33)45(40)51/h1-28H,29H2. The predicted molar refractivity (Wildman–Crippen MR) is 210 cm³/mol. The van der Waals surface area contributed by atoms with Gasteiger partial charge in [0.25, 0.3) is 0 Å². The molecule has 0 radical (unpaired) electrons. The van der Waals surface area contributed by atoms with Gasteiger partial charge in [0.05, 0.1) is 0 Å². The van der Waals surface area contributed by atoms with Gasteiger partial charge >= 0.3 is 313 Å². The first kappa shape index (κ1) is 29.7. The van der Waals surface area contributed by atoms with Crippen LogP contribution in [0.4, 0.5) is 11.4 Å². The van der Waals surface area contributed by atoms with Crippen molar-refractivity contribution in [3.63, 3.8) is 0 Å². The molecule has 11 rings (SSSR count). The van der Waals surface area contributed by atoms with E-state index in [2.05, 4.69) is 165 Å². The van der Waals surface area contributed by atoms with Gasteiger partial charge in [-0.25, -0.2) is 0 Å². The van der Waals surface area contributed by atoms with Crippen molar-refractivity contribution >= 4 is 64.5 Å². The molecular formula is C47H30IN3O. The zero-order chi connectivity index (χ0) is 34.2. The van der Waals surface area contributed by atoms with Crippen molar-refractivity contribution < 1.29 is 28.7 Å². The van der Waals surface area contributed by atoms with Crippen molar-refractivity contribution in [3.8, 4) is 22.3 Å². The molecule has 4 nitrogen and oxygen atoms in total. The molecule has 0 spiro atoms. The Morgan fingerprint density at radius 1 is 0.538 bits per heavy atom. The Morgan fingerprint density at radius 3 is 2.13 bits per heavy atom. The van der Waals surface area contributed by atoms with E-state index in [-0.39, 0.29) is 0 Å². The van der Waals surface area contributed by atoms with Gasteiger partial charge in [-0.3, -0.25) is 0 Å². The van der Waals surface area contributed by atoms with E-state index in [1.54, 1.807) is 0 Å². The summed E-state index contributed by atoms with van der Waals surface area (Å²) in [6, 6.07) is 61.2. The van der Waals surface area contributed by atoms with E-state index in [0.717, 1.165) is 43.7 Å². The number of hydrogen-bond acceptors (Lipinski definition) is 3. The molecule has 52 heavy (non-hydrogen) atoms. The number of aliphatic imine (C=N–C) groups is 1. The maximum atomic E-state index is 6.33. The van der Waals surface area contributed by atoms with E-state index in [1.165, 1.54) is 60.7 Å². The molecule has 0 amide bonds. The fourth-order valence-electron chi connectivity index (χ4n) is 7.92. The van der Waals surface area contributed by atoms with E-state index in [0.29, 0.717) is 0 Å². The number of anilines is 2. The summed E-state index contributed by atoms with van der Waals surface area (Å²) in [6.45, 7) is 0.736. The molecule has 0 aliphatic carbocycles. The zero-order valence-electron chi connectivity index (χ0n) is 28.0. The molecule has 1 aromatic heterocycles. The van der Waals surface area contributed by atoms with Gasteiger partial charge in [0, 0.05) is 0 Å². The van der Waals surface area contributed by atoms with Crippen molar-refractivity contribution in [3.05, 3.63) is 181 Å². The normalized spacial score (nSPS) is 13.9. The molecule has 0 saturated heterocycles. The van der Waals surface area contributed by atoms with Gasteiger partial charge in [0.15, 0.2) is 0 Å². The van der Waals surface area contributed by atoms with Crippen LogP contribution in [0.1, 0.15) is 11.1 Å². The minimum absolute atomic E-state index is 0.736. The summed E-state index contributed by atoms with van der Waals surface area (Å²) in [4.78, 5) is 8.12. The number of nitrogens with zero attached hydrogens (tertiary/aromatic N) is 3. The van der Waals surface area contributed by atoms with Gasteiger partial charge in [-0.15, -0.1) is 0 Å².